The number of fused-ring (bicyclic) bond motifs is 1. The highest BCUT2D eigenvalue weighted by Crippen LogP contribution is 2.19. The number of ketones is 1. The summed E-state index contributed by atoms with van der Waals surface area (Å²) in [7, 11) is 1.63. The molecule has 7 nitrogen and oxygen atoms in total. The number of amides is 1. The standard InChI is InChI=1S/C20H22N4O3/c1-12(9-15-7-5-6-8-18(15)27-4)22-20(26)17-10-19-21-11-16(14(3)25)13(2)24(19)23-17/h5-8,10-12H,9H2,1-4H3,(H,22,26). The van der Waals surface area contributed by atoms with Crippen LogP contribution < -0.4 is 10.1 Å². The number of para-hydroxylation sites is 1. The SMILES string of the molecule is COc1ccccc1CC(C)NC(=O)c1cc2ncc(C(C)=O)c(C)n2n1. The van der Waals surface area contributed by atoms with Gasteiger partial charge in [-0.15, -0.1) is 0 Å². The highest BCUT2D eigenvalue weighted by Gasteiger charge is 2.17. The van der Waals surface area contributed by atoms with Crippen LogP contribution in [0.15, 0.2) is 36.5 Å². The first-order valence-corrected chi connectivity index (χ1v) is 8.69. The molecule has 140 valence electrons. The Hall–Kier alpha value is -3.22. The van der Waals surface area contributed by atoms with Crippen LogP contribution in [0.3, 0.4) is 0 Å². The second kappa shape index (κ2) is 7.57. The summed E-state index contributed by atoms with van der Waals surface area (Å²) in [4.78, 5) is 28.5. The number of hydrogen-bond donors (Lipinski definition) is 1. The van der Waals surface area contributed by atoms with Crippen LogP contribution in [0.25, 0.3) is 5.65 Å². The van der Waals surface area contributed by atoms with Crippen LogP contribution in [0, 0.1) is 6.92 Å². The second-order valence-electron chi connectivity index (χ2n) is 6.50. The monoisotopic (exact) mass is 366 g/mol. The van der Waals surface area contributed by atoms with E-state index in [1.807, 2.05) is 31.2 Å². The molecule has 0 spiro atoms. The molecule has 2 aromatic heterocycles. The largest absolute Gasteiger partial charge is 0.496 e. The number of carbonyl (C=O) groups is 2. The molecule has 3 rings (SSSR count). The molecule has 3 aromatic rings. The number of benzene rings is 1. The molecule has 1 amide bonds. The Kier molecular flexibility index (Phi) is 5.21. The number of nitrogens with zero attached hydrogens (tertiary/aromatic N) is 3. The van der Waals surface area contributed by atoms with Crippen molar-refractivity contribution in [1.29, 1.82) is 0 Å². The average Bonchev–Trinajstić information content (AvgIpc) is 3.07. The second-order valence-corrected chi connectivity index (χ2v) is 6.50. The van der Waals surface area contributed by atoms with Gasteiger partial charge in [-0.25, -0.2) is 9.50 Å². The molecule has 7 heteroatoms. The molecule has 0 aliphatic rings. The van der Waals surface area contributed by atoms with Crippen LogP contribution in [-0.4, -0.2) is 39.4 Å². The van der Waals surface area contributed by atoms with Crippen LogP contribution in [0.5, 0.6) is 5.75 Å². The normalized spacial score (nSPS) is 12.0. The van der Waals surface area contributed by atoms with E-state index in [4.69, 9.17) is 4.74 Å². The number of aromatic nitrogens is 3. The first-order valence-electron chi connectivity index (χ1n) is 8.69. The van der Waals surface area contributed by atoms with Crippen LogP contribution in [0.2, 0.25) is 0 Å². The summed E-state index contributed by atoms with van der Waals surface area (Å²) in [5.74, 6) is 0.420. The van der Waals surface area contributed by atoms with Crippen LogP contribution in [0.4, 0.5) is 0 Å². The third kappa shape index (κ3) is 3.81. The van der Waals surface area contributed by atoms with Crippen LogP contribution in [0.1, 0.15) is 46.0 Å². The van der Waals surface area contributed by atoms with E-state index in [2.05, 4.69) is 15.4 Å². The van der Waals surface area contributed by atoms with Gasteiger partial charge in [-0.3, -0.25) is 9.59 Å². The lowest BCUT2D eigenvalue weighted by Crippen LogP contribution is -2.34. The highest BCUT2D eigenvalue weighted by atomic mass is 16.5. The molecule has 0 saturated carbocycles. The lowest BCUT2D eigenvalue weighted by molar-refractivity contribution is 0.0934. The smallest absolute Gasteiger partial charge is 0.272 e. The maximum atomic E-state index is 12.6. The molecule has 0 aliphatic carbocycles. The molecule has 0 aliphatic heterocycles. The molecule has 0 fully saturated rings. The van der Waals surface area contributed by atoms with Crippen molar-refractivity contribution in [2.24, 2.45) is 0 Å². The van der Waals surface area contributed by atoms with E-state index in [-0.39, 0.29) is 23.4 Å². The molecule has 1 N–H and O–H groups in total. The van der Waals surface area contributed by atoms with E-state index in [0.717, 1.165) is 11.3 Å². The molecule has 0 saturated heterocycles. The van der Waals surface area contributed by atoms with E-state index in [1.165, 1.54) is 17.6 Å². The van der Waals surface area contributed by atoms with Crippen molar-refractivity contribution in [3.05, 3.63) is 59.0 Å². The minimum absolute atomic E-state index is 0.0890. The molecule has 1 aromatic carbocycles. The fourth-order valence-corrected chi connectivity index (χ4v) is 3.06. The Morgan fingerprint density at radius 3 is 2.74 bits per heavy atom. The molecular formula is C20H22N4O3. The number of carbonyl (C=O) groups excluding carboxylic acids is 2. The van der Waals surface area contributed by atoms with E-state index >= 15 is 0 Å². The van der Waals surface area contributed by atoms with Gasteiger partial charge in [0.2, 0.25) is 0 Å². The predicted octanol–water partition coefficient (Wildman–Crippen LogP) is 2.61. The molecule has 2 heterocycles. The Bertz CT molecular complexity index is 1010. The van der Waals surface area contributed by atoms with Gasteiger partial charge in [-0.2, -0.15) is 5.10 Å². The minimum atomic E-state index is -0.285. The topological polar surface area (TPSA) is 85.6 Å². The van der Waals surface area contributed by atoms with Gasteiger partial charge in [-0.05, 0) is 38.8 Å². The predicted molar refractivity (Wildman–Crippen MR) is 101 cm³/mol. The van der Waals surface area contributed by atoms with Gasteiger partial charge in [0.15, 0.2) is 17.1 Å². The van der Waals surface area contributed by atoms with Gasteiger partial charge in [0.05, 0.1) is 18.4 Å². The van der Waals surface area contributed by atoms with E-state index in [9.17, 15) is 9.59 Å². The zero-order chi connectivity index (χ0) is 19.6. The first kappa shape index (κ1) is 18.6. The number of hydrogen-bond acceptors (Lipinski definition) is 5. The van der Waals surface area contributed by atoms with Crippen molar-refractivity contribution >= 4 is 17.3 Å². The number of nitrogens with one attached hydrogen (secondary N) is 1. The Morgan fingerprint density at radius 1 is 1.30 bits per heavy atom. The number of ether oxygens (including phenoxy) is 1. The minimum Gasteiger partial charge on any atom is -0.496 e. The Labute approximate surface area is 157 Å². The zero-order valence-corrected chi connectivity index (χ0v) is 15.8. The molecule has 0 radical (unpaired) electrons. The summed E-state index contributed by atoms with van der Waals surface area (Å²) >= 11 is 0. The summed E-state index contributed by atoms with van der Waals surface area (Å²) in [6.45, 7) is 5.19. The van der Waals surface area contributed by atoms with Crippen molar-refractivity contribution in [3.63, 3.8) is 0 Å². The summed E-state index contributed by atoms with van der Waals surface area (Å²) in [6, 6.07) is 9.22. The summed E-state index contributed by atoms with van der Waals surface area (Å²) < 4.78 is 6.88. The number of rotatable bonds is 6. The van der Waals surface area contributed by atoms with E-state index in [1.54, 1.807) is 20.1 Å². The first-order chi connectivity index (χ1) is 12.9. The van der Waals surface area contributed by atoms with Gasteiger partial charge in [0.25, 0.3) is 5.91 Å². The third-order valence-corrected chi connectivity index (χ3v) is 4.43. The molecule has 27 heavy (non-hydrogen) atoms. The number of methoxy groups -OCH3 is 1. The zero-order valence-electron chi connectivity index (χ0n) is 15.8. The maximum absolute atomic E-state index is 12.6. The Balaban J connectivity index is 1.77. The lowest BCUT2D eigenvalue weighted by atomic mass is 10.1. The van der Waals surface area contributed by atoms with Gasteiger partial charge in [0, 0.05) is 18.3 Å². The van der Waals surface area contributed by atoms with Gasteiger partial charge in [0.1, 0.15) is 5.75 Å². The van der Waals surface area contributed by atoms with Crippen molar-refractivity contribution in [3.8, 4) is 5.75 Å². The maximum Gasteiger partial charge on any atom is 0.272 e. The van der Waals surface area contributed by atoms with Gasteiger partial charge < -0.3 is 10.1 Å². The summed E-state index contributed by atoms with van der Waals surface area (Å²) in [5.41, 5.74) is 2.96. The van der Waals surface area contributed by atoms with Crippen molar-refractivity contribution < 1.29 is 14.3 Å². The number of Topliss-reactive ketones (excluding diaryl/α,β-unsaturated/α-hetero) is 1. The lowest BCUT2D eigenvalue weighted by Gasteiger charge is -2.15. The van der Waals surface area contributed by atoms with Crippen molar-refractivity contribution in [2.75, 3.05) is 7.11 Å². The quantitative estimate of drug-likeness (QED) is 0.678. The van der Waals surface area contributed by atoms with Crippen LogP contribution in [-0.2, 0) is 6.42 Å². The third-order valence-electron chi connectivity index (χ3n) is 4.43. The Morgan fingerprint density at radius 2 is 2.04 bits per heavy atom. The molecular weight excluding hydrogens is 344 g/mol. The molecule has 0 bridgehead atoms. The highest BCUT2D eigenvalue weighted by molar-refractivity contribution is 5.96. The fourth-order valence-electron chi connectivity index (χ4n) is 3.06. The molecule has 1 atom stereocenters. The fraction of sp³-hybridized carbons (Fsp3) is 0.300. The van der Waals surface area contributed by atoms with E-state index in [0.29, 0.717) is 23.3 Å². The summed E-state index contributed by atoms with van der Waals surface area (Å²) in [5, 5.41) is 7.26. The van der Waals surface area contributed by atoms with Crippen molar-refractivity contribution in [2.45, 2.75) is 33.2 Å². The van der Waals surface area contributed by atoms with Gasteiger partial charge >= 0.3 is 0 Å². The molecule has 1 unspecified atom stereocenters. The number of aryl methyl sites for hydroxylation is 1. The van der Waals surface area contributed by atoms with Crippen LogP contribution >= 0.6 is 0 Å². The van der Waals surface area contributed by atoms with E-state index < -0.39 is 0 Å². The van der Waals surface area contributed by atoms with Gasteiger partial charge in [-0.1, -0.05) is 18.2 Å². The van der Waals surface area contributed by atoms with Crippen molar-refractivity contribution in [1.82, 2.24) is 19.9 Å². The average molecular weight is 366 g/mol. The summed E-state index contributed by atoms with van der Waals surface area (Å²) in [6.07, 6.45) is 2.15.